The average molecular weight is 265 g/mol. The smallest absolute Gasteiger partial charge is 0.0361 e. The van der Waals surface area contributed by atoms with Gasteiger partial charge in [0, 0.05) is 25.8 Å². The molecule has 0 unspecified atom stereocenters. The van der Waals surface area contributed by atoms with E-state index < -0.39 is 0 Å². The maximum Gasteiger partial charge on any atom is 0.0361 e. The summed E-state index contributed by atoms with van der Waals surface area (Å²) in [7, 11) is 4.08. The van der Waals surface area contributed by atoms with E-state index in [4.69, 9.17) is 5.73 Å². The SMILES string of the molecule is CC(C)[C@@H](N)c1ccc(N(C)C)cc1.Cl.Cl. The van der Waals surface area contributed by atoms with Crippen LogP contribution in [-0.4, -0.2) is 14.1 Å². The van der Waals surface area contributed by atoms with Crippen molar-refractivity contribution < 1.29 is 0 Å². The van der Waals surface area contributed by atoms with Gasteiger partial charge in [-0.1, -0.05) is 26.0 Å². The molecule has 0 spiro atoms. The van der Waals surface area contributed by atoms with Crippen molar-refractivity contribution in [3.63, 3.8) is 0 Å². The van der Waals surface area contributed by atoms with Crippen LogP contribution in [-0.2, 0) is 0 Å². The zero-order valence-corrected chi connectivity index (χ0v) is 11.9. The Bertz CT molecular complexity index is 284. The third-order valence-electron chi connectivity index (χ3n) is 2.51. The first-order valence-corrected chi connectivity index (χ1v) is 5.05. The second-order valence-electron chi connectivity index (χ2n) is 4.26. The van der Waals surface area contributed by atoms with Gasteiger partial charge in [0.05, 0.1) is 0 Å². The van der Waals surface area contributed by atoms with Crippen molar-refractivity contribution in [1.82, 2.24) is 0 Å². The predicted octanol–water partition coefficient (Wildman–Crippen LogP) is 3.25. The zero-order chi connectivity index (χ0) is 10.7. The molecule has 0 fully saturated rings. The molecule has 0 aliphatic heterocycles. The van der Waals surface area contributed by atoms with Crippen LogP contribution in [0, 0.1) is 5.92 Å². The van der Waals surface area contributed by atoms with Crippen molar-refractivity contribution in [1.29, 1.82) is 0 Å². The summed E-state index contributed by atoms with van der Waals surface area (Å²) in [4.78, 5) is 2.09. The molecule has 0 saturated heterocycles. The first kappa shape index (κ1) is 17.9. The van der Waals surface area contributed by atoms with Gasteiger partial charge in [0.1, 0.15) is 0 Å². The molecule has 4 heteroatoms. The molecule has 1 aromatic carbocycles. The molecule has 16 heavy (non-hydrogen) atoms. The van der Waals surface area contributed by atoms with Gasteiger partial charge < -0.3 is 10.6 Å². The third kappa shape index (κ3) is 4.60. The van der Waals surface area contributed by atoms with Gasteiger partial charge in [-0.2, -0.15) is 0 Å². The maximum atomic E-state index is 6.05. The van der Waals surface area contributed by atoms with E-state index in [1.165, 1.54) is 11.3 Å². The predicted molar refractivity (Wildman–Crippen MR) is 77.0 cm³/mol. The molecule has 1 atom stereocenters. The second kappa shape index (κ2) is 7.77. The van der Waals surface area contributed by atoms with Crippen molar-refractivity contribution in [2.45, 2.75) is 19.9 Å². The minimum Gasteiger partial charge on any atom is -0.378 e. The summed E-state index contributed by atoms with van der Waals surface area (Å²) >= 11 is 0. The van der Waals surface area contributed by atoms with Crippen LogP contribution in [0.5, 0.6) is 0 Å². The van der Waals surface area contributed by atoms with Gasteiger partial charge in [-0.25, -0.2) is 0 Å². The minimum absolute atomic E-state index is 0. The number of hydrogen-bond acceptors (Lipinski definition) is 2. The molecule has 0 bridgehead atoms. The van der Waals surface area contributed by atoms with E-state index in [1.807, 2.05) is 14.1 Å². The Hall–Kier alpha value is -0.440. The van der Waals surface area contributed by atoms with Crippen LogP contribution < -0.4 is 10.6 Å². The van der Waals surface area contributed by atoms with Crippen molar-refractivity contribution in [3.8, 4) is 0 Å². The van der Waals surface area contributed by atoms with E-state index in [2.05, 4.69) is 43.0 Å². The van der Waals surface area contributed by atoms with Crippen LogP contribution >= 0.6 is 24.8 Å². The zero-order valence-electron chi connectivity index (χ0n) is 10.3. The largest absolute Gasteiger partial charge is 0.378 e. The van der Waals surface area contributed by atoms with Crippen molar-refractivity contribution in [2.24, 2.45) is 11.7 Å². The molecule has 0 radical (unpaired) electrons. The molecule has 2 N–H and O–H groups in total. The van der Waals surface area contributed by atoms with Gasteiger partial charge in [-0.15, -0.1) is 24.8 Å². The lowest BCUT2D eigenvalue weighted by atomic mass is 9.97. The highest BCUT2D eigenvalue weighted by Crippen LogP contribution is 2.21. The Balaban J connectivity index is 0. The Kier molecular flexibility index (Phi) is 8.71. The van der Waals surface area contributed by atoms with Crippen LogP contribution in [0.25, 0.3) is 0 Å². The van der Waals surface area contributed by atoms with Gasteiger partial charge in [-0.3, -0.25) is 0 Å². The molecule has 94 valence electrons. The molecule has 0 aromatic heterocycles. The van der Waals surface area contributed by atoms with Crippen LogP contribution in [0.1, 0.15) is 25.5 Å². The molecule has 0 aliphatic carbocycles. The van der Waals surface area contributed by atoms with Crippen LogP contribution in [0.3, 0.4) is 0 Å². The van der Waals surface area contributed by atoms with Crippen LogP contribution in [0.4, 0.5) is 5.69 Å². The van der Waals surface area contributed by atoms with E-state index in [-0.39, 0.29) is 30.9 Å². The van der Waals surface area contributed by atoms with Crippen molar-refractivity contribution >= 4 is 30.5 Å². The standard InChI is InChI=1S/C12H20N2.2ClH/c1-9(2)12(13)10-5-7-11(8-6-10)14(3)4;;/h5-9,12H,13H2,1-4H3;2*1H/t12-;;/m1../s1. The molecular weight excluding hydrogens is 243 g/mol. The topological polar surface area (TPSA) is 29.3 Å². The Morgan fingerprint density at radius 3 is 1.75 bits per heavy atom. The average Bonchev–Trinajstić information content (AvgIpc) is 2.16. The number of halogens is 2. The highest BCUT2D eigenvalue weighted by Gasteiger charge is 2.09. The third-order valence-corrected chi connectivity index (χ3v) is 2.51. The number of benzene rings is 1. The number of rotatable bonds is 3. The highest BCUT2D eigenvalue weighted by atomic mass is 35.5. The van der Waals surface area contributed by atoms with Gasteiger partial charge >= 0.3 is 0 Å². The van der Waals surface area contributed by atoms with Gasteiger partial charge in [0.25, 0.3) is 0 Å². The Morgan fingerprint density at radius 2 is 1.44 bits per heavy atom. The van der Waals surface area contributed by atoms with Crippen LogP contribution in [0.15, 0.2) is 24.3 Å². The Morgan fingerprint density at radius 1 is 1.00 bits per heavy atom. The molecule has 0 heterocycles. The monoisotopic (exact) mass is 264 g/mol. The summed E-state index contributed by atoms with van der Waals surface area (Å²) in [6.45, 7) is 4.29. The van der Waals surface area contributed by atoms with Gasteiger partial charge in [0.15, 0.2) is 0 Å². The lowest BCUT2D eigenvalue weighted by molar-refractivity contribution is 0.514. The van der Waals surface area contributed by atoms with Crippen molar-refractivity contribution in [3.05, 3.63) is 29.8 Å². The normalized spacial score (nSPS) is 11.4. The molecule has 2 nitrogen and oxygen atoms in total. The lowest BCUT2D eigenvalue weighted by Crippen LogP contribution is -2.17. The lowest BCUT2D eigenvalue weighted by Gasteiger charge is -2.18. The maximum absolute atomic E-state index is 6.05. The van der Waals surface area contributed by atoms with Crippen molar-refractivity contribution in [2.75, 3.05) is 19.0 Å². The van der Waals surface area contributed by atoms with E-state index >= 15 is 0 Å². The number of anilines is 1. The molecular formula is C12H22Cl2N2. The summed E-state index contributed by atoms with van der Waals surface area (Å²) in [5.41, 5.74) is 8.48. The fourth-order valence-electron chi connectivity index (χ4n) is 1.38. The van der Waals surface area contributed by atoms with Gasteiger partial charge in [-0.05, 0) is 23.6 Å². The molecule has 0 aliphatic rings. The molecule has 0 saturated carbocycles. The first-order chi connectivity index (χ1) is 6.52. The van der Waals surface area contributed by atoms with E-state index in [1.54, 1.807) is 0 Å². The minimum atomic E-state index is 0. The molecule has 0 amide bonds. The molecule has 1 aromatic rings. The summed E-state index contributed by atoms with van der Waals surface area (Å²) in [5.74, 6) is 0.486. The summed E-state index contributed by atoms with van der Waals surface area (Å²) in [6, 6.07) is 8.58. The van der Waals surface area contributed by atoms with Gasteiger partial charge in [0.2, 0.25) is 0 Å². The van der Waals surface area contributed by atoms with E-state index in [9.17, 15) is 0 Å². The number of hydrogen-bond donors (Lipinski definition) is 1. The van der Waals surface area contributed by atoms with Crippen LogP contribution in [0.2, 0.25) is 0 Å². The van der Waals surface area contributed by atoms with E-state index in [0.29, 0.717) is 5.92 Å². The summed E-state index contributed by atoms with van der Waals surface area (Å²) in [5, 5.41) is 0. The summed E-state index contributed by atoms with van der Waals surface area (Å²) < 4.78 is 0. The Labute approximate surface area is 111 Å². The first-order valence-electron chi connectivity index (χ1n) is 5.05. The molecule has 1 rings (SSSR count). The number of nitrogens with two attached hydrogens (primary N) is 1. The fraction of sp³-hybridized carbons (Fsp3) is 0.500. The second-order valence-corrected chi connectivity index (χ2v) is 4.26. The fourth-order valence-corrected chi connectivity index (χ4v) is 1.38. The highest BCUT2D eigenvalue weighted by molar-refractivity contribution is 5.85. The van der Waals surface area contributed by atoms with E-state index in [0.717, 1.165) is 0 Å². The quantitative estimate of drug-likeness (QED) is 0.909. The summed E-state index contributed by atoms with van der Waals surface area (Å²) in [6.07, 6.45) is 0. The number of nitrogens with zero attached hydrogens (tertiary/aromatic N) is 1.